The summed E-state index contributed by atoms with van der Waals surface area (Å²) in [4.78, 5) is 25.5. The maximum absolute atomic E-state index is 12.8. The zero-order chi connectivity index (χ0) is 16.7. The third-order valence-electron chi connectivity index (χ3n) is 3.53. The van der Waals surface area contributed by atoms with Crippen molar-refractivity contribution >= 4 is 49.1 Å². The van der Waals surface area contributed by atoms with E-state index >= 15 is 0 Å². The number of nitrogens with one attached hydrogen (secondary N) is 1. The first-order valence-corrected chi connectivity index (χ1v) is 8.23. The Morgan fingerprint density at radius 3 is 2.09 bits per heavy atom. The van der Waals surface area contributed by atoms with Crippen molar-refractivity contribution in [1.82, 2.24) is 0 Å². The molecule has 2 aromatic rings. The number of hydrogen-bond donors (Lipinski definition) is 1. The van der Waals surface area contributed by atoms with Gasteiger partial charge in [-0.3, -0.25) is 9.59 Å². The molecular weight excluding hydrogens is 436 g/mol. The molecule has 1 N–H and O–H groups in total. The van der Waals surface area contributed by atoms with Crippen molar-refractivity contribution < 1.29 is 18.4 Å². The van der Waals surface area contributed by atoms with Crippen LogP contribution in [0.25, 0.3) is 0 Å². The molecule has 118 valence electrons. The predicted octanol–water partition coefficient (Wildman–Crippen LogP) is 4.66. The molecule has 2 aromatic carbocycles. The van der Waals surface area contributed by atoms with Gasteiger partial charge in [-0.2, -0.15) is 0 Å². The Hall–Kier alpha value is -1.60. The van der Waals surface area contributed by atoms with Crippen molar-refractivity contribution in [2.45, 2.75) is 6.43 Å². The van der Waals surface area contributed by atoms with E-state index in [1.165, 1.54) is 0 Å². The lowest BCUT2D eigenvalue weighted by Crippen LogP contribution is -2.24. The number of alkyl halides is 2. The fourth-order valence-corrected chi connectivity index (χ4v) is 4.05. The smallest absolute Gasteiger partial charge is 0.255 e. The van der Waals surface area contributed by atoms with Crippen molar-refractivity contribution in [1.29, 1.82) is 0 Å². The Morgan fingerprint density at radius 1 is 0.957 bits per heavy atom. The Bertz CT molecular complexity index is 837. The van der Waals surface area contributed by atoms with Crippen molar-refractivity contribution in [3.63, 3.8) is 0 Å². The number of carbonyl (C=O) groups is 2. The molecule has 0 fully saturated rings. The van der Waals surface area contributed by atoms with Crippen molar-refractivity contribution in [2.24, 2.45) is 0 Å². The standard InChI is InChI=1S/C16H9Br2F2NO2/c17-9-5-10(18)14(21-6-11(19)20)13-12(9)15(22)7-3-1-2-4-8(7)16(13)23/h1-5,11,21H,6H2. The lowest BCUT2D eigenvalue weighted by atomic mass is 9.83. The van der Waals surface area contributed by atoms with Gasteiger partial charge in [-0.1, -0.05) is 24.3 Å². The van der Waals surface area contributed by atoms with E-state index in [9.17, 15) is 18.4 Å². The summed E-state index contributed by atoms with van der Waals surface area (Å²) < 4.78 is 25.9. The number of benzene rings is 2. The maximum atomic E-state index is 12.8. The fraction of sp³-hybridized carbons (Fsp3) is 0.125. The molecule has 1 aliphatic carbocycles. The third kappa shape index (κ3) is 2.72. The van der Waals surface area contributed by atoms with Crippen LogP contribution in [0.15, 0.2) is 39.3 Å². The Balaban J connectivity index is 2.24. The summed E-state index contributed by atoms with van der Waals surface area (Å²) in [5, 5.41) is 2.56. The quantitative estimate of drug-likeness (QED) is 0.638. The van der Waals surface area contributed by atoms with Gasteiger partial charge in [0.2, 0.25) is 0 Å². The molecule has 0 aliphatic heterocycles. The van der Waals surface area contributed by atoms with E-state index < -0.39 is 13.0 Å². The molecule has 0 bridgehead atoms. The number of hydrogen-bond acceptors (Lipinski definition) is 3. The van der Waals surface area contributed by atoms with Crippen LogP contribution in [0, 0.1) is 0 Å². The SMILES string of the molecule is O=C1c2ccccc2C(=O)c2c(NCC(F)F)c(Br)cc(Br)c21. The minimum Gasteiger partial charge on any atom is -0.378 e. The summed E-state index contributed by atoms with van der Waals surface area (Å²) in [5.74, 6) is -0.677. The van der Waals surface area contributed by atoms with E-state index in [2.05, 4.69) is 37.2 Å². The van der Waals surface area contributed by atoms with E-state index in [1.807, 2.05) is 0 Å². The molecule has 0 saturated heterocycles. The average Bonchev–Trinajstić information content (AvgIpc) is 2.51. The molecule has 0 heterocycles. The molecule has 0 unspecified atom stereocenters. The number of rotatable bonds is 3. The molecule has 1 aliphatic rings. The Labute approximate surface area is 147 Å². The summed E-state index contributed by atoms with van der Waals surface area (Å²) in [6.45, 7) is -0.615. The Kier molecular flexibility index (Phi) is 4.33. The van der Waals surface area contributed by atoms with Crippen LogP contribution in [0.5, 0.6) is 0 Å². The second-order valence-corrected chi connectivity index (χ2v) is 6.65. The first-order chi connectivity index (χ1) is 10.9. The fourth-order valence-electron chi connectivity index (χ4n) is 2.57. The highest BCUT2D eigenvalue weighted by molar-refractivity contribution is 9.11. The molecular formula is C16H9Br2F2NO2. The normalized spacial score (nSPS) is 13.1. The summed E-state index contributed by atoms with van der Waals surface area (Å²) in [6, 6.07) is 8.06. The summed E-state index contributed by atoms with van der Waals surface area (Å²) in [7, 11) is 0. The number of ketones is 2. The van der Waals surface area contributed by atoms with Gasteiger partial charge in [-0.25, -0.2) is 8.78 Å². The zero-order valence-corrected chi connectivity index (χ0v) is 14.7. The van der Waals surface area contributed by atoms with Crippen LogP contribution < -0.4 is 5.32 Å². The van der Waals surface area contributed by atoms with Gasteiger partial charge < -0.3 is 5.32 Å². The predicted molar refractivity (Wildman–Crippen MR) is 89.6 cm³/mol. The molecule has 0 saturated carbocycles. The summed E-state index contributed by atoms with van der Waals surface area (Å²) in [5.41, 5.74) is 1.09. The summed E-state index contributed by atoms with van der Waals surface area (Å²) in [6.07, 6.45) is -2.58. The van der Waals surface area contributed by atoms with Crippen LogP contribution in [0.2, 0.25) is 0 Å². The Morgan fingerprint density at radius 2 is 1.52 bits per heavy atom. The third-order valence-corrected chi connectivity index (χ3v) is 4.79. The molecule has 7 heteroatoms. The van der Waals surface area contributed by atoms with Crippen LogP contribution in [0.4, 0.5) is 14.5 Å². The number of anilines is 1. The largest absolute Gasteiger partial charge is 0.378 e. The minimum absolute atomic E-state index is 0.107. The van der Waals surface area contributed by atoms with E-state index in [0.717, 1.165) is 0 Å². The second kappa shape index (κ2) is 6.13. The van der Waals surface area contributed by atoms with Crippen molar-refractivity contribution in [2.75, 3.05) is 11.9 Å². The van der Waals surface area contributed by atoms with E-state index in [-0.39, 0.29) is 33.9 Å². The highest BCUT2D eigenvalue weighted by atomic mass is 79.9. The average molecular weight is 445 g/mol. The molecule has 0 atom stereocenters. The van der Waals surface area contributed by atoms with Crippen LogP contribution in [-0.4, -0.2) is 24.5 Å². The van der Waals surface area contributed by atoms with Crippen LogP contribution >= 0.6 is 31.9 Å². The van der Waals surface area contributed by atoms with Crippen LogP contribution in [0.1, 0.15) is 31.8 Å². The van der Waals surface area contributed by atoms with Gasteiger partial charge in [-0.15, -0.1) is 0 Å². The minimum atomic E-state index is -2.58. The zero-order valence-electron chi connectivity index (χ0n) is 11.5. The van der Waals surface area contributed by atoms with Gasteiger partial charge in [0.25, 0.3) is 6.43 Å². The van der Waals surface area contributed by atoms with Crippen molar-refractivity contribution in [3.8, 4) is 0 Å². The second-order valence-electron chi connectivity index (χ2n) is 4.94. The molecule has 3 nitrogen and oxygen atoms in total. The maximum Gasteiger partial charge on any atom is 0.255 e. The van der Waals surface area contributed by atoms with Crippen LogP contribution in [0.3, 0.4) is 0 Å². The van der Waals surface area contributed by atoms with E-state index in [1.54, 1.807) is 30.3 Å². The van der Waals surface area contributed by atoms with E-state index in [0.29, 0.717) is 14.5 Å². The van der Waals surface area contributed by atoms with Gasteiger partial charge in [0.1, 0.15) is 0 Å². The van der Waals surface area contributed by atoms with Crippen molar-refractivity contribution in [3.05, 3.63) is 61.5 Å². The number of halogens is 4. The molecule has 23 heavy (non-hydrogen) atoms. The van der Waals surface area contributed by atoms with Crippen LogP contribution in [-0.2, 0) is 0 Å². The molecule has 0 aromatic heterocycles. The van der Waals surface area contributed by atoms with E-state index in [4.69, 9.17) is 0 Å². The molecule has 0 amide bonds. The van der Waals surface area contributed by atoms with Gasteiger partial charge in [0, 0.05) is 20.1 Å². The molecule has 0 radical (unpaired) electrons. The molecule has 3 rings (SSSR count). The first-order valence-electron chi connectivity index (χ1n) is 6.64. The van der Waals surface area contributed by atoms with Gasteiger partial charge in [0.15, 0.2) is 11.6 Å². The topological polar surface area (TPSA) is 46.2 Å². The highest BCUT2D eigenvalue weighted by Crippen LogP contribution is 2.40. The lowest BCUT2D eigenvalue weighted by Gasteiger charge is -2.23. The van der Waals surface area contributed by atoms with Gasteiger partial charge in [-0.05, 0) is 37.9 Å². The van der Waals surface area contributed by atoms with Gasteiger partial charge in [0.05, 0.1) is 23.4 Å². The number of carbonyl (C=O) groups excluding carboxylic acids is 2. The first kappa shape index (κ1) is 16.3. The lowest BCUT2D eigenvalue weighted by molar-refractivity contribution is 0.0979. The highest BCUT2D eigenvalue weighted by Gasteiger charge is 2.34. The number of fused-ring (bicyclic) bond motifs is 2. The molecule has 0 spiro atoms. The summed E-state index contributed by atoms with van der Waals surface area (Å²) >= 11 is 6.55. The monoisotopic (exact) mass is 443 g/mol. The van der Waals surface area contributed by atoms with Gasteiger partial charge >= 0.3 is 0 Å².